The van der Waals surface area contributed by atoms with Crippen molar-refractivity contribution in [2.24, 2.45) is 0 Å². The lowest BCUT2D eigenvalue weighted by Crippen LogP contribution is -2.34. The number of fused-ring (bicyclic) bond motifs is 7. The monoisotopic (exact) mass is 810 g/mol. The van der Waals surface area contributed by atoms with Gasteiger partial charge < -0.3 is 0 Å². The molecule has 0 spiro atoms. The molecule has 11 aromatic rings. The van der Waals surface area contributed by atoms with E-state index in [1.54, 1.807) is 0 Å². The van der Waals surface area contributed by atoms with Crippen LogP contribution in [0.15, 0.2) is 255 Å². The topological polar surface area (TPSA) is 0 Å². The van der Waals surface area contributed by atoms with Gasteiger partial charge in [-0.25, -0.2) is 0 Å². The maximum atomic E-state index is 2.62. The van der Waals surface area contributed by atoms with E-state index in [0.29, 0.717) is 0 Å². The highest BCUT2D eigenvalue weighted by Gasteiger charge is 2.51. The molecule has 0 atom stereocenters. The van der Waals surface area contributed by atoms with Gasteiger partial charge >= 0.3 is 0 Å². The van der Waals surface area contributed by atoms with Crippen LogP contribution in [0.25, 0.3) is 66.1 Å². The Balaban J connectivity index is 1.26. The van der Waals surface area contributed by atoms with Crippen LogP contribution < -0.4 is 0 Å². The summed E-state index contributed by atoms with van der Waals surface area (Å²) in [6, 6.07) is 95.7. The second-order valence-electron chi connectivity index (χ2n) is 17.4. The molecule has 298 valence electrons. The van der Waals surface area contributed by atoms with Crippen LogP contribution in [0.2, 0.25) is 0 Å². The summed E-state index contributed by atoms with van der Waals surface area (Å²) in [5.74, 6) is 0. The van der Waals surface area contributed by atoms with E-state index in [9.17, 15) is 0 Å². The van der Waals surface area contributed by atoms with Crippen molar-refractivity contribution in [3.05, 3.63) is 299 Å². The molecule has 0 saturated heterocycles. The Kier molecular flexibility index (Phi) is 8.14. The van der Waals surface area contributed by atoms with Gasteiger partial charge in [0.1, 0.15) is 0 Å². The largest absolute Gasteiger partial charge is 0.0714 e. The van der Waals surface area contributed by atoms with Crippen molar-refractivity contribution >= 4 is 21.5 Å². The van der Waals surface area contributed by atoms with E-state index in [1.165, 1.54) is 111 Å². The maximum Gasteiger partial charge on any atom is 0.0714 e. The first-order valence-corrected chi connectivity index (χ1v) is 22.4. The van der Waals surface area contributed by atoms with Crippen molar-refractivity contribution in [1.29, 1.82) is 0 Å². The van der Waals surface area contributed by atoms with Crippen LogP contribution in [0.5, 0.6) is 0 Å². The number of hydrogen-bond donors (Lipinski definition) is 0. The quantitative estimate of drug-likeness (QED) is 0.157. The third kappa shape index (κ3) is 5.00. The van der Waals surface area contributed by atoms with E-state index in [4.69, 9.17) is 0 Å². The molecule has 0 radical (unpaired) electrons. The van der Waals surface area contributed by atoms with Crippen molar-refractivity contribution in [2.75, 3.05) is 0 Å². The highest BCUT2D eigenvalue weighted by molar-refractivity contribution is 6.14. The highest BCUT2D eigenvalue weighted by Crippen LogP contribution is 2.63. The summed E-state index contributed by atoms with van der Waals surface area (Å²) in [6.45, 7) is 0. The summed E-state index contributed by atoms with van der Waals surface area (Å²) < 4.78 is 0. The molecule has 0 unspecified atom stereocenters. The second-order valence-corrected chi connectivity index (χ2v) is 17.4. The molecule has 2 aliphatic carbocycles. The van der Waals surface area contributed by atoms with Gasteiger partial charge in [-0.2, -0.15) is 0 Å². The number of rotatable bonds is 6. The summed E-state index contributed by atoms with van der Waals surface area (Å²) in [7, 11) is 0. The Morgan fingerprint density at radius 1 is 0.219 bits per heavy atom. The van der Waals surface area contributed by atoms with E-state index in [-0.39, 0.29) is 0 Å². The van der Waals surface area contributed by atoms with Gasteiger partial charge in [0.25, 0.3) is 0 Å². The van der Waals surface area contributed by atoms with Gasteiger partial charge in [-0.05, 0) is 129 Å². The Morgan fingerprint density at radius 3 is 1.16 bits per heavy atom. The predicted octanol–water partition coefficient (Wildman–Crippen LogP) is 16.1. The SMILES string of the molecule is c1ccc(-c2cc3c(c4ccccc24)-c2cc4c(cc2C3(c2ccccc2)c2ccccc2)-c2ccc(-c3ccccc3)c3cccc(c23)C4(c2ccccc2)c2ccccc2)cc1. The van der Waals surface area contributed by atoms with E-state index < -0.39 is 10.8 Å². The van der Waals surface area contributed by atoms with E-state index in [1.807, 2.05) is 0 Å². The average Bonchev–Trinajstić information content (AvgIpc) is 3.67. The molecular weight excluding hydrogens is 769 g/mol. The Labute approximate surface area is 374 Å². The smallest absolute Gasteiger partial charge is 0.0622 e. The first-order chi connectivity index (χ1) is 31.8. The zero-order valence-electron chi connectivity index (χ0n) is 35.2. The molecule has 2 aliphatic rings. The van der Waals surface area contributed by atoms with Crippen LogP contribution in [0.4, 0.5) is 0 Å². The van der Waals surface area contributed by atoms with Gasteiger partial charge in [0.15, 0.2) is 0 Å². The van der Waals surface area contributed by atoms with Crippen LogP contribution in [0, 0.1) is 0 Å². The molecule has 0 saturated carbocycles. The molecule has 0 amide bonds. The van der Waals surface area contributed by atoms with Crippen molar-refractivity contribution in [3.63, 3.8) is 0 Å². The van der Waals surface area contributed by atoms with Crippen molar-refractivity contribution in [2.45, 2.75) is 10.8 Å². The molecule has 11 aromatic carbocycles. The van der Waals surface area contributed by atoms with E-state index >= 15 is 0 Å². The van der Waals surface area contributed by atoms with Gasteiger partial charge in [0, 0.05) is 0 Å². The molecule has 0 N–H and O–H groups in total. The van der Waals surface area contributed by atoms with Crippen LogP contribution in [-0.2, 0) is 10.8 Å². The van der Waals surface area contributed by atoms with Crippen molar-refractivity contribution in [3.8, 4) is 44.5 Å². The first kappa shape index (κ1) is 36.6. The lowest BCUT2D eigenvalue weighted by Gasteiger charge is -2.43. The lowest BCUT2D eigenvalue weighted by molar-refractivity contribution is 0.743. The summed E-state index contributed by atoms with van der Waals surface area (Å²) >= 11 is 0. The Morgan fingerprint density at radius 2 is 0.609 bits per heavy atom. The fourth-order valence-electron chi connectivity index (χ4n) is 11.9. The minimum atomic E-state index is -0.639. The Bertz CT molecular complexity index is 3480. The summed E-state index contributed by atoms with van der Waals surface area (Å²) in [4.78, 5) is 0. The molecule has 64 heavy (non-hydrogen) atoms. The normalized spacial score (nSPS) is 13.9. The van der Waals surface area contributed by atoms with E-state index in [0.717, 1.165) is 0 Å². The Hall–Kier alpha value is -8.06. The molecule has 13 rings (SSSR count). The summed E-state index contributed by atoms with van der Waals surface area (Å²) in [5, 5.41) is 5.10. The molecule has 0 heterocycles. The third-order valence-electron chi connectivity index (χ3n) is 14.4. The van der Waals surface area contributed by atoms with Crippen molar-refractivity contribution in [1.82, 2.24) is 0 Å². The number of hydrogen-bond acceptors (Lipinski definition) is 0. The van der Waals surface area contributed by atoms with Crippen LogP contribution >= 0.6 is 0 Å². The van der Waals surface area contributed by atoms with Gasteiger partial charge in [-0.15, -0.1) is 0 Å². The molecule has 0 heteroatoms. The third-order valence-corrected chi connectivity index (χ3v) is 14.4. The van der Waals surface area contributed by atoms with Gasteiger partial charge in [0.05, 0.1) is 10.8 Å². The average molecular weight is 811 g/mol. The molecule has 0 aliphatic heterocycles. The minimum absolute atomic E-state index is 0.627. The van der Waals surface area contributed by atoms with Crippen LogP contribution in [-0.4, -0.2) is 0 Å². The predicted molar refractivity (Wildman–Crippen MR) is 267 cm³/mol. The molecule has 0 nitrogen and oxygen atoms in total. The fraction of sp³-hybridized carbons (Fsp3) is 0.0312. The highest BCUT2D eigenvalue weighted by atomic mass is 14.5. The summed E-state index contributed by atoms with van der Waals surface area (Å²) in [6.07, 6.45) is 0. The van der Waals surface area contributed by atoms with Crippen LogP contribution in [0.3, 0.4) is 0 Å². The standard InChI is InChI=1S/C64H42/c1-7-22-43(23-8-1)49-38-39-53-55-41-59-56(42-58(55)63(45-26-11-3-12-27-45,46-28-13-4-14-29-46)57-37-21-36-51(49)61(53)57)62-52-35-20-19-34-50(52)54(44-24-9-2-10-25-44)40-60(62)64(59,47-30-15-5-16-31-47)48-32-17-6-18-33-48/h1-42H. The first-order valence-electron chi connectivity index (χ1n) is 22.4. The fourth-order valence-corrected chi connectivity index (χ4v) is 11.9. The zero-order valence-corrected chi connectivity index (χ0v) is 35.2. The van der Waals surface area contributed by atoms with E-state index in [2.05, 4.69) is 255 Å². The van der Waals surface area contributed by atoms with Crippen LogP contribution in [0.1, 0.15) is 44.5 Å². The maximum absolute atomic E-state index is 2.62. The lowest BCUT2D eigenvalue weighted by atomic mass is 9.58. The molecule has 0 aromatic heterocycles. The summed E-state index contributed by atoms with van der Waals surface area (Å²) in [5.41, 5.74) is 19.1. The molecule has 0 bridgehead atoms. The van der Waals surface area contributed by atoms with Gasteiger partial charge in [0.2, 0.25) is 0 Å². The second kappa shape index (κ2) is 14.2. The molecule has 0 fully saturated rings. The van der Waals surface area contributed by atoms with Gasteiger partial charge in [-0.1, -0.05) is 237 Å². The zero-order chi connectivity index (χ0) is 42.2. The number of benzene rings is 11. The molecular formula is C64H42. The van der Waals surface area contributed by atoms with Crippen molar-refractivity contribution < 1.29 is 0 Å². The van der Waals surface area contributed by atoms with Gasteiger partial charge in [-0.3, -0.25) is 0 Å². The minimum Gasteiger partial charge on any atom is -0.0622 e.